The first kappa shape index (κ1) is 11.5. The van der Waals surface area contributed by atoms with Crippen molar-refractivity contribution in [2.45, 2.75) is 38.3 Å². The molecule has 1 aliphatic carbocycles. The van der Waals surface area contributed by atoms with Crippen molar-refractivity contribution in [3.8, 4) is 0 Å². The smallest absolute Gasteiger partial charge is 0.0557 e. The second-order valence-corrected chi connectivity index (χ2v) is 5.01. The number of benzene rings is 1. The molecule has 2 unspecified atom stereocenters. The van der Waals surface area contributed by atoms with Crippen LogP contribution in [-0.2, 0) is 13.0 Å². The SMILES string of the molecule is CCCn1nccc1C(N)C1Cc2ccccc21. The summed E-state index contributed by atoms with van der Waals surface area (Å²) in [7, 11) is 0. The molecule has 0 bridgehead atoms. The summed E-state index contributed by atoms with van der Waals surface area (Å²) in [6.45, 7) is 3.11. The van der Waals surface area contributed by atoms with Gasteiger partial charge in [-0.1, -0.05) is 31.2 Å². The molecule has 3 heteroatoms. The highest BCUT2D eigenvalue weighted by Crippen LogP contribution is 2.42. The fraction of sp³-hybridized carbons (Fsp3) is 0.400. The molecule has 2 aromatic rings. The van der Waals surface area contributed by atoms with Crippen LogP contribution in [-0.4, -0.2) is 9.78 Å². The van der Waals surface area contributed by atoms with Crippen LogP contribution in [0.1, 0.15) is 42.1 Å². The summed E-state index contributed by atoms with van der Waals surface area (Å²) in [5.41, 5.74) is 10.4. The van der Waals surface area contributed by atoms with Crippen molar-refractivity contribution >= 4 is 0 Å². The van der Waals surface area contributed by atoms with E-state index in [1.165, 1.54) is 11.1 Å². The minimum absolute atomic E-state index is 0.0638. The number of aryl methyl sites for hydroxylation is 1. The minimum Gasteiger partial charge on any atom is -0.322 e. The number of nitrogens with two attached hydrogens (primary N) is 1. The number of nitrogens with zero attached hydrogens (tertiary/aromatic N) is 2. The molecule has 1 aromatic carbocycles. The summed E-state index contributed by atoms with van der Waals surface area (Å²) >= 11 is 0. The Balaban J connectivity index is 1.84. The number of hydrogen-bond acceptors (Lipinski definition) is 2. The quantitative estimate of drug-likeness (QED) is 0.894. The lowest BCUT2D eigenvalue weighted by atomic mass is 9.73. The van der Waals surface area contributed by atoms with Crippen LogP contribution < -0.4 is 5.73 Å². The van der Waals surface area contributed by atoms with Crippen molar-refractivity contribution < 1.29 is 0 Å². The standard InChI is InChI=1S/C15H19N3/c1-2-9-18-14(7-8-17-18)15(16)13-10-11-5-3-4-6-12(11)13/h3-8,13,15H,2,9-10,16H2,1H3. The van der Waals surface area contributed by atoms with Crippen molar-refractivity contribution in [1.82, 2.24) is 9.78 Å². The maximum atomic E-state index is 6.43. The Kier molecular flexibility index (Phi) is 2.92. The van der Waals surface area contributed by atoms with Crippen LogP contribution in [0.5, 0.6) is 0 Å². The van der Waals surface area contributed by atoms with Gasteiger partial charge in [0.2, 0.25) is 0 Å². The Morgan fingerprint density at radius 2 is 2.22 bits per heavy atom. The highest BCUT2D eigenvalue weighted by Gasteiger charge is 2.32. The molecule has 1 heterocycles. The number of hydrogen-bond donors (Lipinski definition) is 1. The highest BCUT2D eigenvalue weighted by molar-refractivity contribution is 5.42. The Bertz CT molecular complexity index is 544. The van der Waals surface area contributed by atoms with Crippen molar-refractivity contribution in [2.75, 3.05) is 0 Å². The third-order valence-electron chi connectivity index (χ3n) is 3.85. The normalized spacial score (nSPS) is 19.1. The third kappa shape index (κ3) is 1.75. The van der Waals surface area contributed by atoms with Gasteiger partial charge < -0.3 is 5.73 Å². The van der Waals surface area contributed by atoms with Crippen LogP contribution in [0.2, 0.25) is 0 Å². The van der Waals surface area contributed by atoms with E-state index in [4.69, 9.17) is 5.73 Å². The van der Waals surface area contributed by atoms with Gasteiger partial charge in [0.05, 0.1) is 11.7 Å². The third-order valence-corrected chi connectivity index (χ3v) is 3.85. The molecule has 3 nitrogen and oxygen atoms in total. The summed E-state index contributed by atoms with van der Waals surface area (Å²) in [5.74, 6) is 0.452. The molecule has 2 atom stereocenters. The van der Waals surface area contributed by atoms with Gasteiger partial charge in [-0.25, -0.2) is 0 Å². The second-order valence-electron chi connectivity index (χ2n) is 5.01. The second kappa shape index (κ2) is 4.58. The summed E-state index contributed by atoms with van der Waals surface area (Å²) in [4.78, 5) is 0. The molecule has 2 N–H and O–H groups in total. The molecule has 0 saturated heterocycles. The molecule has 0 saturated carbocycles. The molecular formula is C15H19N3. The molecule has 0 fully saturated rings. The van der Waals surface area contributed by atoms with Crippen LogP contribution in [0.3, 0.4) is 0 Å². The van der Waals surface area contributed by atoms with Crippen LogP contribution >= 0.6 is 0 Å². The molecule has 0 spiro atoms. The molecular weight excluding hydrogens is 222 g/mol. The first-order valence-corrected chi connectivity index (χ1v) is 6.66. The van der Waals surface area contributed by atoms with E-state index in [2.05, 4.69) is 42.4 Å². The van der Waals surface area contributed by atoms with Gasteiger partial charge in [0.25, 0.3) is 0 Å². The van der Waals surface area contributed by atoms with Gasteiger partial charge in [-0.15, -0.1) is 0 Å². The highest BCUT2D eigenvalue weighted by atomic mass is 15.3. The molecule has 0 amide bonds. The van der Waals surface area contributed by atoms with Gasteiger partial charge in [0.1, 0.15) is 0 Å². The fourth-order valence-corrected chi connectivity index (χ4v) is 2.85. The van der Waals surface area contributed by atoms with Gasteiger partial charge in [-0.05, 0) is 30.0 Å². The molecule has 1 aromatic heterocycles. The van der Waals surface area contributed by atoms with Gasteiger partial charge in [-0.3, -0.25) is 4.68 Å². The zero-order valence-corrected chi connectivity index (χ0v) is 10.7. The van der Waals surface area contributed by atoms with Crippen LogP contribution in [0.15, 0.2) is 36.5 Å². The lowest BCUT2D eigenvalue weighted by molar-refractivity contribution is 0.453. The molecule has 3 rings (SSSR count). The van der Waals surface area contributed by atoms with Crippen molar-refractivity contribution in [3.63, 3.8) is 0 Å². The Labute approximate surface area is 108 Å². The number of rotatable bonds is 4. The van der Waals surface area contributed by atoms with E-state index in [1.807, 2.05) is 10.9 Å². The first-order chi connectivity index (χ1) is 8.81. The Morgan fingerprint density at radius 3 is 3.00 bits per heavy atom. The monoisotopic (exact) mass is 241 g/mol. The van der Waals surface area contributed by atoms with Gasteiger partial charge >= 0.3 is 0 Å². The molecule has 1 aliphatic rings. The van der Waals surface area contributed by atoms with E-state index in [1.54, 1.807) is 0 Å². The van der Waals surface area contributed by atoms with E-state index in [0.717, 1.165) is 25.1 Å². The van der Waals surface area contributed by atoms with Crippen LogP contribution in [0.25, 0.3) is 0 Å². The van der Waals surface area contributed by atoms with Crippen molar-refractivity contribution in [2.24, 2.45) is 5.73 Å². The van der Waals surface area contributed by atoms with Crippen LogP contribution in [0, 0.1) is 0 Å². The predicted molar refractivity (Wildman–Crippen MR) is 72.3 cm³/mol. The Hall–Kier alpha value is -1.61. The maximum absolute atomic E-state index is 6.43. The average Bonchev–Trinajstić information content (AvgIpc) is 2.79. The zero-order chi connectivity index (χ0) is 12.5. The summed E-state index contributed by atoms with van der Waals surface area (Å²) < 4.78 is 2.05. The molecule has 18 heavy (non-hydrogen) atoms. The van der Waals surface area contributed by atoms with Crippen molar-refractivity contribution in [3.05, 3.63) is 53.3 Å². The van der Waals surface area contributed by atoms with Gasteiger partial charge in [0, 0.05) is 18.7 Å². The van der Waals surface area contributed by atoms with E-state index in [-0.39, 0.29) is 6.04 Å². The topological polar surface area (TPSA) is 43.8 Å². The molecule has 94 valence electrons. The number of aromatic nitrogens is 2. The largest absolute Gasteiger partial charge is 0.322 e. The Morgan fingerprint density at radius 1 is 1.39 bits per heavy atom. The van der Waals surface area contributed by atoms with E-state index >= 15 is 0 Å². The van der Waals surface area contributed by atoms with E-state index < -0.39 is 0 Å². The summed E-state index contributed by atoms with van der Waals surface area (Å²) in [5, 5.41) is 4.36. The number of fused-ring (bicyclic) bond motifs is 1. The lowest BCUT2D eigenvalue weighted by Gasteiger charge is -2.34. The first-order valence-electron chi connectivity index (χ1n) is 6.66. The van der Waals surface area contributed by atoms with E-state index in [9.17, 15) is 0 Å². The van der Waals surface area contributed by atoms with Gasteiger partial charge in [-0.2, -0.15) is 5.10 Å². The van der Waals surface area contributed by atoms with Crippen molar-refractivity contribution in [1.29, 1.82) is 0 Å². The summed E-state index contributed by atoms with van der Waals surface area (Å²) in [6, 6.07) is 10.7. The molecule has 0 radical (unpaired) electrons. The van der Waals surface area contributed by atoms with Gasteiger partial charge in [0.15, 0.2) is 0 Å². The maximum Gasteiger partial charge on any atom is 0.0557 e. The predicted octanol–water partition coefficient (Wildman–Crippen LogP) is 2.63. The summed E-state index contributed by atoms with van der Waals surface area (Å²) in [6.07, 6.45) is 4.03. The minimum atomic E-state index is 0.0638. The zero-order valence-electron chi connectivity index (χ0n) is 10.7. The fourth-order valence-electron chi connectivity index (χ4n) is 2.85. The lowest BCUT2D eigenvalue weighted by Crippen LogP contribution is -2.30. The molecule has 0 aliphatic heterocycles. The van der Waals surface area contributed by atoms with Crippen LogP contribution in [0.4, 0.5) is 0 Å². The average molecular weight is 241 g/mol. The van der Waals surface area contributed by atoms with E-state index in [0.29, 0.717) is 5.92 Å².